The minimum absolute atomic E-state index is 0.105. The normalized spacial score (nSPS) is 26.7. The summed E-state index contributed by atoms with van der Waals surface area (Å²) in [6.07, 6.45) is 4.83. The summed E-state index contributed by atoms with van der Waals surface area (Å²) in [6.45, 7) is 0.519. The molecule has 0 aromatic carbocycles. The predicted octanol–water partition coefficient (Wildman–Crippen LogP) is 0.195. The zero-order valence-corrected chi connectivity index (χ0v) is 10.0. The molecular weight excluding hydrogens is 190 g/mol. The van der Waals surface area contributed by atoms with Gasteiger partial charge in [0.05, 0.1) is 6.54 Å². The Morgan fingerprint density at radius 1 is 1.27 bits per heavy atom. The van der Waals surface area contributed by atoms with Crippen LogP contribution in [0.2, 0.25) is 0 Å². The van der Waals surface area contributed by atoms with Crippen LogP contribution in [0.5, 0.6) is 0 Å². The lowest BCUT2D eigenvalue weighted by molar-refractivity contribution is -0.122. The maximum Gasteiger partial charge on any atom is 0.233 e. The summed E-state index contributed by atoms with van der Waals surface area (Å²) in [7, 11) is 5.76. The van der Waals surface area contributed by atoms with E-state index < -0.39 is 0 Å². The first kappa shape index (κ1) is 12.5. The Kier molecular flexibility index (Phi) is 5.05. The van der Waals surface area contributed by atoms with Crippen LogP contribution >= 0.6 is 0 Å². The van der Waals surface area contributed by atoms with Crippen molar-refractivity contribution in [2.45, 2.75) is 37.8 Å². The Hall–Kier alpha value is -0.610. The van der Waals surface area contributed by atoms with Crippen LogP contribution in [0, 0.1) is 0 Å². The van der Waals surface area contributed by atoms with Gasteiger partial charge in [-0.1, -0.05) is 0 Å². The van der Waals surface area contributed by atoms with Gasteiger partial charge < -0.3 is 10.6 Å². The minimum Gasteiger partial charge on any atom is -0.358 e. The average Bonchev–Trinajstić information content (AvgIpc) is 2.29. The van der Waals surface area contributed by atoms with Gasteiger partial charge in [0.15, 0.2) is 0 Å². The molecule has 0 heterocycles. The number of likely N-dealkylation sites (N-methyl/N-ethyl adjacent to an activating group) is 2. The van der Waals surface area contributed by atoms with E-state index in [0.29, 0.717) is 18.6 Å². The molecule has 1 amide bonds. The molecular formula is C11H23N3O. The number of hydrogen-bond donors (Lipinski definition) is 2. The molecule has 1 aliphatic rings. The highest BCUT2D eigenvalue weighted by Gasteiger charge is 2.23. The number of carbonyl (C=O) groups excluding carboxylic acids is 1. The molecule has 1 rings (SSSR count). The second-order valence-corrected chi connectivity index (χ2v) is 4.38. The van der Waals surface area contributed by atoms with E-state index in [1.165, 1.54) is 25.7 Å². The molecule has 4 nitrogen and oxygen atoms in total. The second-order valence-electron chi connectivity index (χ2n) is 4.38. The molecule has 0 spiro atoms. The van der Waals surface area contributed by atoms with Crippen LogP contribution in [0.25, 0.3) is 0 Å². The van der Waals surface area contributed by atoms with Crippen LogP contribution in [-0.2, 0) is 4.79 Å². The lowest BCUT2D eigenvalue weighted by Crippen LogP contribution is -2.43. The Labute approximate surface area is 92.4 Å². The van der Waals surface area contributed by atoms with Gasteiger partial charge in [0.2, 0.25) is 5.91 Å². The van der Waals surface area contributed by atoms with Crippen molar-refractivity contribution in [3.05, 3.63) is 0 Å². The molecule has 1 saturated carbocycles. The van der Waals surface area contributed by atoms with Crippen molar-refractivity contribution in [2.75, 3.05) is 27.7 Å². The third-order valence-corrected chi connectivity index (χ3v) is 3.40. The van der Waals surface area contributed by atoms with E-state index in [-0.39, 0.29) is 5.91 Å². The number of rotatable bonds is 4. The van der Waals surface area contributed by atoms with Crippen molar-refractivity contribution < 1.29 is 4.79 Å². The Morgan fingerprint density at radius 2 is 1.87 bits per heavy atom. The summed E-state index contributed by atoms with van der Waals surface area (Å²) in [6, 6.07) is 1.25. The lowest BCUT2D eigenvalue weighted by atomic mass is 9.90. The summed E-state index contributed by atoms with van der Waals surface area (Å²) in [5.74, 6) is 0.105. The van der Waals surface area contributed by atoms with Gasteiger partial charge in [0.1, 0.15) is 0 Å². The van der Waals surface area contributed by atoms with E-state index in [0.717, 1.165) is 0 Å². The quantitative estimate of drug-likeness (QED) is 0.701. The Bertz CT molecular complexity index is 200. The molecule has 0 unspecified atom stereocenters. The van der Waals surface area contributed by atoms with Gasteiger partial charge in [0, 0.05) is 19.1 Å². The molecule has 0 aromatic rings. The van der Waals surface area contributed by atoms with E-state index in [1.807, 2.05) is 14.1 Å². The zero-order valence-electron chi connectivity index (χ0n) is 10.0. The highest BCUT2D eigenvalue weighted by Crippen LogP contribution is 2.21. The molecule has 0 bridgehead atoms. The molecule has 0 aliphatic heterocycles. The molecule has 0 saturated heterocycles. The topological polar surface area (TPSA) is 44.4 Å². The number of nitrogens with one attached hydrogen (secondary N) is 2. The molecule has 0 atom stereocenters. The van der Waals surface area contributed by atoms with Gasteiger partial charge >= 0.3 is 0 Å². The van der Waals surface area contributed by atoms with E-state index in [9.17, 15) is 4.79 Å². The fraction of sp³-hybridized carbons (Fsp3) is 0.909. The Balaban J connectivity index is 2.29. The second kappa shape index (κ2) is 6.08. The van der Waals surface area contributed by atoms with Crippen LogP contribution < -0.4 is 10.6 Å². The third-order valence-electron chi connectivity index (χ3n) is 3.40. The van der Waals surface area contributed by atoms with Crippen molar-refractivity contribution in [1.29, 1.82) is 0 Å². The largest absolute Gasteiger partial charge is 0.358 e. The molecule has 4 heteroatoms. The Morgan fingerprint density at radius 3 is 2.33 bits per heavy atom. The van der Waals surface area contributed by atoms with Gasteiger partial charge in [-0.3, -0.25) is 9.69 Å². The summed E-state index contributed by atoms with van der Waals surface area (Å²) in [4.78, 5) is 13.4. The summed E-state index contributed by atoms with van der Waals surface area (Å²) in [5, 5.41) is 5.98. The van der Waals surface area contributed by atoms with E-state index in [4.69, 9.17) is 0 Å². The number of amides is 1. The number of carbonyl (C=O) groups is 1. The molecule has 88 valence electrons. The molecule has 2 N–H and O–H groups in total. The van der Waals surface area contributed by atoms with Gasteiger partial charge in [-0.2, -0.15) is 0 Å². The minimum atomic E-state index is 0.105. The van der Waals surface area contributed by atoms with E-state index >= 15 is 0 Å². The highest BCUT2D eigenvalue weighted by atomic mass is 16.1. The molecule has 15 heavy (non-hydrogen) atoms. The van der Waals surface area contributed by atoms with Gasteiger partial charge in [-0.05, 0) is 39.8 Å². The maximum atomic E-state index is 11.2. The van der Waals surface area contributed by atoms with Crippen molar-refractivity contribution in [3.63, 3.8) is 0 Å². The van der Waals surface area contributed by atoms with Crippen molar-refractivity contribution in [3.8, 4) is 0 Å². The first-order valence-corrected chi connectivity index (χ1v) is 5.75. The number of hydrogen-bond acceptors (Lipinski definition) is 3. The van der Waals surface area contributed by atoms with Gasteiger partial charge in [-0.15, -0.1) is 0 Å². The molecule has 0 aromatic heterocycles. The summed E-state index contributed by atoms with van der Waals surface area (Å²) in [5.41, 5.74) is 0. The predicted molar refractivity (Wildman–Crippen MR) is 61.8 cm³/mol. The molecule has 0 radical (unpaired) electrons. The van der Waals surface area contributed by atoms with Crippen molar-refractivity contribution >= 4 is 5.91 Å². The SMILES string of the molecule is CNC(=O)CN(C)C1CCC(NC)CC1. The first-order valence-electron chi connectivity index (χ1n) is 5.75. The monoisotopic (exact) mass is 213 g/mol. The fourth-order valence-corrected chi connectivity index (χ4v) is 2.24. The van der Waals surface area contributed by atoms with Crippen LogP contribution in [0.4, 0.5) is 0 Å². The molecule has 1 fully saturated rings. The fourth-order valence-electron chi connectivity index (χ4n) is 2.24. The summed E-state index contributed by atoms with van der Waals surface area (Å²) < 4.78 is 0. The standard InChI is InChI=1S/C11H23N3O/c1-12-9-4-6-10(7-5-9)14(3)8-11(15)13-2/h9-10,12H,4-8H2,1-3H3,(H,13,15). The van der Waals surface area contributed by atoms with Gasteiger partial charge in [-0.25, -0.2) is 0 Å². The van der Waals surface area contributed by atoms with Crippen LogP contribution in [0.15, 0.2) is 0 Å². The summed E-state index contributed by atoms with van der Waals surface area (Å²) >= 11 is 0. The first-order chi connectivity index (χ1) is 7.17. The maximum absolute atomic E-state index is 11.2. The lowest BCUT2D eigenvalue weighted by Gasteiger charge is -2.34. The molecule has 1 aliphatic carbocycles. The third kappa shape index (κ3) is 3.80. The van der Waals surface area contributed by atoms with Crippen LogP contribution in [-0.4, -0.2) is 50.6 Å². The van der Waals surface area contributed by atoms with Crippen LogP contribution in [0.3, 0.4) is 0 Å². The van der Waals surface area contributed by atoms with E-state index in [2.05, 4.69) is 15.5 Å². The average molecular weight is 213 g/mol. The number of nitrogens with zero attached hydrogens (tertiary/aromatic N) is 1. The van der Waals surface area contributed by atoms with Crippen LogP contribution in [0.1, 0.15) is 25.7 Å². The van der Waals surface area contributed by atoms with Gasteiger partial charge in [0.25, 0.3) is 0 Å². The van der Waals surface area contributed by atoms with Crippen molar-refractivity contribution in [2.24, 2.45) is 0 Å². The van der Waals surface area contributed by atoms with E-state index in [1.54, 1.807) is 7.05 Å². The smallest absolute Gasteiger partial charge is 0.233 e. The van der Waals surface area contributed by atoms with Crippen molar-refractivity contribution in [1.82, 2.24) is 15.5 Å². The highest BCUT2D eigenvalue weighted by molar-refractivity contribution is 5.77. The zero-order chi connectivity index (χ0) is 11.3.